The van der Waals surface area contributed by atoms with Gasteiger partial charge in [-0.3, -0.25) is 4.90 Å². The van der Waals surface area contributed by atoms with Crippen LogP contribution in [0, 0.1) is 20.7 Å². The number of halogens is 2. The lowest BCUT2D eigenvalue weighted by molar-refractivity contribution is 0.275. The van der Waals surface area contributed by atoms with Gasteiger partial charge in [0.05, 0.1) is 15.2 Å². The van der Waals surface area contributed by atoms with Gasteiger partial charge in [0.2, 0.25) is 0 Å². The highest BCUT2D eigenvalue weighted by atomic mass is 127. The number of nitrogens with zero attached hydrogens (tertiary/aromatic N) is 2. The fraction of sp³-hybridized carbons (Fsp3) is 0.188. The Hall–Kier alpha value is -1.45. The molecule has 4 heteroatoms. The molecule has 0 unspecified atom stereocenters. The maximum atomic E-state index is 13.6. The van der Waals surface area contributed by atoms with E-state index in [1.54, 1.807) is 6.07 Å². The summed E-state index contributed by atoms with van der Waals surface area (Å²) in [5, 5.41) is 8.79. The van der Waals surface area contributed by atoms with Crippen LogP contribution in [-0.4, -0.2) is 4.90 Å². The molecule has 0 atom stereocenters. The Labute approximate surface area is 131 Å². The number of rotatable bonds is 2. The molecule has 1 aliphatic heterocycles. The molecule has 0 saturated carbocycles. The molecule has 0 aliphatic carbocycles. The van der Waals surface area contributed by atoms with Crippen LogP contribution in [0.3, 0.4) is 0 Å². The lowest BCUT2D eigenvalue weighted by Gasteiger charge is -2.14. The second kappa shape index (κ2) is 5.51. The molecule has 2 aromatic rings. The molecule has 0 spiro atoms. The van der Waals surface area contributed by atoms with Crippen molar-refractivity contribution >= 4 is 22.6 Å². The van der Waals surface area contributed by atoms with Crippen molar-refractivity contribution in [3.8, 4) is 6.07 Å². The average Bonchev–Trinajstić information content (AvgIpc) is 2.87. The molecule has 3 rings (SSSR count). The van der Waals surface area contributed by atoms with E-state index in [1.807, 2.05) is 30.3 Å². The van der Waals surface area contributed by atoms with Crippen LogP contribution in [0.15, 0.2) is 36.4 Å². The van der Waals surface area contributed by atoms with E-state index >= 15 is 0 Å². The molecule has 0 fully saturated rings. The molecular weight excluding hydrogens is 366 g/mol. The van der Waals surface area contributed by atoms with Crippen molar-refractivity contribution in [1.29, 1.82) is 5.26 Å². The first kappa shape index (κ1) is 13.5. The minimum absolute atomic E-state index is 0.135. The summed E-state index contributed by atoms with van der Waals surface area (Å²) in [5.41, 5.74) is 4.17. The molecule has 0 radical (unpaired) electrons. The summed E-state index contributed by atoms with van der Waals surface area (Å²) in [6.45, 7) is 2.45. The molecular formula is C16H12FIN2. The molecule has 0 amide bonds. The van der Waals surface area contributed by atoms with E-state index in [-0.39, 0.29) is 5.82 Å². The number of hydrogen-bond donors (Lipinski definition) is 0. The normalized spacial score (nSPS) is 14.1. The first-order valence-corrected chi connectivity index (χ1v) is 7.42. The molecule has 100 valence electrons. The molecule has 0 N–H and O–H groups in total. The van der Waals surface area contributed by atoms with Crippen LogP contribution < -0.4 is 0 Å². The second-order valence-electron chi connectivity index (χ2n) is 4.95. The Morgan fingerprint density at radius 1 is 1.15 bits per heavy atom. The fourth-order valence-corrected chi connectivity index (χ4v) is 3.22. The summed E-state index contributed by atoms with van der Waals surface area (Å²) >= 11 is 2.08. The minimum atomic E-state index is -0.135. The lowest BCUT2D eigenvalue weighted by Crippen LogP contribution is -2.15. The lowest BCUT2D eigenvalue weighted by atomic mass is 10.1. The van der Waals surface area contributed by atoms with Gasteiger partial charge in [0, 0.05) is 19.6 Å². The predicted molar refractivity (Wildman–Crippen MR) is 83.2 cm³/mol. The highest BCUT2D eigenvalue weighted by Crippen LogP contribution is 2.29. The van der Waals surface area contributed by atoms with Crippen molar-refractivity contribution in [3.63, 3.8) is 0 Å². The van der Waals surface area contributed by atoms with Crippen LogP contribution in [-0.2, 0) is 19.6 Å². The van der Waals surface area contributed by atoms with Gasteiger partial charge in [-0.25, -0.2) is 4.39 Å². The number of nitriles is 1. The zero-order valence-electron chi connectivity index (χ0n) is 10.7. The molecule has 20 heavy (non-hydrogen) atoms. The van der Waals surface area contributed by atoms with E-state index in [0.717, 1.165) is 28.8 Å². The van der Waals surface area contributed by atoms with Crippen LogP contribution >= 0.6 is 22.6 Å². The van der Waals surface area contributed by atoms with Crippen LogP contribution in [0.1, 0.15) is 22.3 Å². The SMILES string of the molecule is N#Cc1ccc(CN2Cc3ccc(F)c(I)c3C2)cc1. The quantitative estimate of drug-likeness (QED) is 0.744. The molecule has 1 aliphatic rings. The van der Waals surface area contributed by atoms with Gasteiger partial charge in [-0.2, -0.15) is 5.26 Å². The maximum Gasteiger partial charge on any atom is 0.136 e. The van der Waals surface area contributed by atoms with Crippen LogP contribution in [0.25, 0.3) is 0 Å². The maximum absolute atomic E-state index is 13.6. The van der Waals surface area contributed by atoms with Gasteiger partial charge in [-0.05, 0) is 57.5 Å². The Morgan fingerprint density at radius 3 is 2.60 bits per heavy atom. The van der Waals surface area contributed by atoms with Gasteiger partial charge in [0.1, 0.15) is 5.82 Å². The standard InChI is InChI=1S/C16H12FIN2/c17-15-6-5-13-9-20(10-14(13)16(15)18)8-12-3-1-11(7-19)2-4-12/h1-6H,8-10H2. The number of benzene rings is 2. The van der Waals surface area contributed by atoms with Gasteiger partial charge in [0.25, 0.3) is 0 Å². The first-order chi connectivity index (χ1) is 9.67. The zero-order chi connectivity index (χ0) is 14.1. The highest BCUT2D eigenvalue weighted by molar-refractivity contribution is 14.1. The Kier molecular flexibility index (Phi) is 3.72. The van der Waals surface area contributed by atoms with Crippen LogP contribution in [0.2, 0.25) is 0 Å². The van der Waals surface area contributed by atoms with Crippen molar-refractivity contribution in [2.45, 2.75) is 19.6 Å². The molecule has 2 aromatic carbocycles. The number of fused-ring (bicyclic) bond motifs is 1. The summed E-state index contributed by atoms with van der Waals surface area (Å²) < 4.78 is 14.3. The second-order valence-corrected chi connectivity index (χ2v) is 6.03. The van der Waals surface area contributed by atoms with Crippen molar-refractivity contribution in [1.82, 2.24) is 4.90 Å². The van der Waals surface area contributed by atoms with Gasteiger partial charge >= 0.3 is 0 Å². The van der Waals surface area contributed by atoms with E-state index in [4.69, 9.17) is 5.26 Å². The topological polar surface area (TPSA) is 27.0 Å². The summed E-state index contributed by atoms with van der Waals surface area (Å²) in [4.78, 5) is 2.29. The third kappa shape index (κ3) is 2.56. The molecule has 0 aromatic heterocycles. The summed E-state index contributed by atoms with van der Waals surface area (Å²) in [7, 11) is 0. The van der Waals surface area contributed by atoms with Crippen molar-refractivity contribution in [3.05, 3.63) is 68.0 Å². The first-order valence-electron chi connectivity index (χ1n) is 6.34. The van der Waals surface area contributed by atoms with Crippen LogP contribution in [0.4, 0.5) is 4.39 Å². The predicted octanol–water partition coefficient (Wildman–Crippen LogP) is 3.82. The van der Waals surface area contributed by atoms with Gasteiger partial charge in [0.15, 0.2) is 0 Å². The monoisotopic (exact) mass is 378 g/mol. The van der Waals surface area contributed by atoms with Crippen molar-refractivity contribution in [2.24, 2.45) is 0 Å². The van der Waals surface area contributed by atoms with E-state index in [2.05, 4.69) is 33.6 Å². The van der Waals surface area contributed by atoms with Crippen LogP contribution in [0.5, 0.6) is 0 Å². The average molecular weight is 378 g/mol. The van der Waals surface area contributed by atoms with E-state index in [1.165, 1.54) is 11.1 Å². The third-order valence-corrected chi connectivity index (χ3v) is 4.72. The zero-order valence-corrected chi connectivity index (χ0v) is 12.9. The summed E-state index contributed by atoms with van der Waals surface area (Å²) in [5.74, 6) is -0.135. The highest BCUT2D eigenvalue weighted by Gasteiger charge is 2.22. The largest absolute Gasteiger partial charge is 0.291 e. The van der Waals surface area contributed by atoms with E-state index < -0.39 is 0 Å². The number of hydrogen-bond acceptors (Lipinski definition) is 2. The van der Waals surface area contributed by atoms with E-state index in [9.17, 15) is 4.39 Å². The Balaban J connectivity index is 1.75. The van der Waals surface area contributed by atoms with Crippen molar-refractivity contribution < 1.29 is 4.39 Å². The van der Waals surface area contributed by atoms with Crippen molar-refractivity contribution in [2.75, 3.05) is 0 Å². The molecule has 1 heterocycles. The Morgan fingerprint density at radius 2 is 1.90 bits per heavy atom. The molecule has 2 nitrogen and oxygen atoms in total. The summed E-state index contributed by atoms with van der Waals surface area (Å²) in [6, 6.07) is 13.2. The third-order valence-electron chi connectivity index (χ3n) is 3.56. The van der Waals surface area contributed by atoms with Gasteiger partial charge in [-0.1, -0.05) is 18.2 Å². The minimum Gasteiger partial charge on any atom is -0.291 e. The molecule has 0 bridgehead atoms. The fourth-order valence-electron chi connectivity index (χ4n) is 2.53. The summed E-state index contributed by atoms with van der Waals surface area (Å²) in [6.07, 6.45) is 0. The molecule has 0 saturated heterocycles. The van der Waals surface area contributed by atoms with E-state index in [0.29, 0.717) is 5.56 Å². The smallest absolute Gasteiger partial charge is 0.136 e. The van der Waals surface area contributed by atoms with Gasteiger partial charge in [-0.15, -0.1) is 0 Å². The Bertz CT molecular complexity index is 689. The van der Waals surface area contributed by atoms with Gasteiger partial charge < -0.3 is 0 Å².